The molecule has 21 heavy (non-hydrogen) atoms. The van der Waals surface area contributed by atoms with Crippen molar-refractivity contribution in [3.63, 3.8) is 0 Å². The zero-order valence-electron chi connectivity index (χ0n) is 12.3. The number of ether oxygens (including phenoxy) is 1. The van der Waals surface area contributed by atoms with Crippen LogP contribution in [0.3, 0.4) is 0 Å². The van der Waals surface area contributed by atoms with Gasteiger partial charge in [0.05, 0.1) is 7.11 Å². The summed E-state index contributed by atoms with van der Waals surface area (Å²) in [6, 6.07) is 4.45. The fourth-order valence-electron chi connectivity index (χ4n) is 3.37. The lowest BCUT2D eigenvalue weighted by molar-refractivity contribution is 0.383. The van der Waals surface area contributed by atoms with Crippen molar-refractivity contribution in [3.8, 4) is 5.88 Å². The monoisotopic (exact) mass is 305 g/mol. The van der Waals surface area contributed by atoms with E-state index in [-0.39, 0.29) is 0 Å². The van der Waals surface area contributed by atoms with E-state index in [2.05, 4.69) is 9.55 Å². The van der Waals surface area contributed by atoms with E-state index in [1.54, 1.807) is 7.11 Å². The average molecular weight is 306 g/mol. The van der Waals surface area contributed by atoms with E-state index in [4.69, 9.17) is 21.3 Å². The van der Waals surface area contributed by atoms with Crippen molar-refractivity contribution in [1.82, 2.24) is 14.5 Å². The van der Waals surface area contributed by atoms with Crippen LogP contribution in [0, 0.1) is 11.8 Å². The highest BCUT2D eigenvalue weighted by Gasteiger charge is 2.44. The van der Waals surface area contributed by atoms with Gasteiger partial charge >= 0.3 is 0 Å². The number of hydrogen-bond acceptors (Lipinski definition) is 3. The second-order valence-corrected chi connectivity index (χ2v) is 6.58. The van der Waals surface area contributed by atoms with Gasteiger partial charge in [0.2, 0.25) is 5.88 Å². The van der Waals surface area contributed by atoms with E-state index in [0.29, 0.717) is 17.8 Å². The van der Waals surface area contributed by atoms with E-state index < -0.39 is 0 Å². The van der Waals surface area contributed by atoms with Crippen LogP contribution >= 0.6 is 11.6 Å². The molecule has 0 N–H and O–H groups in total. The molecule has 0 aromatic carbocycles. The Kier molecular flexibility index (Phi) is 3.29. The lowest BCUT2D eigenvalue weighted by Crippen LogP contribution is -2.17. The van der Waals surface area contributed by atoms with E-state index in [9.17, 15) is 0 Å². The predicted octanol–water partition coefficient (Wildman–Crippen LogP) is 3.58. The Hall–Kier alpha value is -1.29. The molecule has 0 aliphatic heterocycles. The van der Waals surface area contributed by atoms with Crippen molar-refractivity contribution < 1.29 is 4.74 Å². The summed E-state index contributed by atoms with van der Waals surface area (Å²) in [5.74, 6) is 3.95. The van der Waals surface area contributed by atoms with Gasteiger partial charge in [-0.25, -0.2) is 4.98 Å². The van der Waals surface area contributed by atoms with Crippen molar-refractivity contribution in [1.29, 1.82) is 0 Å². The van der Waals surface area contributed by atoms with Gasteiger partial charge < -0.3 is 9.30 Å². The summed E-state index contributed by atoms with van der Waals surface area (Å²) in [4.78, 5) is 9.45. The molecular weight excluding hydrogens is 286 g/mol. The Balaban J connectivity index is 1.87. The highest BCUT2D eigenvalue weighted by Crippen LogP contribution is 2.53. The van der Waals surface area contributed by atoms with Gasteiger partial charge in [-0.3, -0.25) is 0 Å². The molecule has 0 atom stereocenters. The maximum Gasteiger partial charge on any atom is 0.215 e. The van der Waals surface area contributed by atoms with E-state index in [1.165, 1.54) is 25.7 Å². The van der Waals surface area contributed by atoms with Crippen LogP contribution in [0.15, 0.2) is 12.1 Å². The Labute approximate surface area is 129 Å². The SMILES string of the molecule is COc1ccc2nc(CCCl)n(C(C3CC3)C3CC3)c2n1. The van der Waals surface area contributed by atoms with E-state index in [1.807, 2.05) is 12.1 Å². The number of methoxy groups -OCH3 is 1. The molecule has 4 rings (SSSR count). The third kappa shape index (κ3) is 2.39. The summed E-state index contributed by atoms with van der Waals surface area (Å²) >= 11 is 5.99. The van der Waals surface area contributed by atoms with Gasteiger partial charge in [0.15, 0.2) is 5.65 Å². The standard InChI is InChI=1S/C16H20ClN3O/c1-21-14-7-6-12-16(19-14)20(13(18-12)8-9-17)15(10-2-3-10)11-4-5-11/h6-7,10-11,15H,2-5,8-9H2,1H3. The molecule has 5 heteroatoms. The normalized spacial score (nSPS) is 18.6. The molecule has 2 heterocycles. The maximum absolute atomic E-state index is 5.99. The van der Waals surface area contributed by atoms with Crippen LogP contribution in [0.5, 0.6) is 5.88 Å². The van der Waals surface area contributed by atoms with Crippen molar-refractivity contribution in [3.05, 3.63) is 18.0 Å². The molecule has 0 radical (unpaired) electrons. The molecule has 0 saturated heterocycles. The summed E-state index contributed by atoms with van der Waals surface area (Å²) in [5.41, 5.74) is 1.93. The highest BCUT2D eigenvalue weighted by molar-refractivity contribution is 6.17. The molecule has 4 nitrogen and oxygen atoms in total. The van der Waals surface area contributed by atoms with Crippen molar-refractivity contribution in [2.45, 2.75) is 38.1 Å². The number of nitrogens with zero attached hydrogens (tertiary/aromatic N) is 3. The summed E-state index contributed by atoms with van der Waals surface area (Å²) in [6.07, 6.45) is 6.16. The zero-order valence-corrected chi connectivity index (χ0v) is 13.0. The van der Waals surface area contributed by atoms with Crippen molar-refractivity contribution >= 4 is 22.8 Å². The van der Waals surface area contributed by atoms with Crippen molar-refractivity contribution in [2.75, 3.05) is 13.0 Å². The Morgan fingerprint density at radius 3 is 2.52 bits per heavy atom. The molecular formula is C16H20ClN3O. The number of aryl methyl sites for hydroxylation is 1. The average Bonchev–Trinajstić information content (AvgIpc) is 3.39. The fraction of sp³-hybridized carbons (Fsp3) is 0.625. The lowest BCUT2D eigenvalue weighted by atomic mass is 10.1. The summed E-state index contributed by atoms with van der Waals surface area (Å²) in [5, 5.41) is 0. The molecule has 0 unspecified atom stereocenters. The van der Waals surface area contributed by atoms with Crippen LogP contribution in [0.2, 0.25) is 0 Å². The third-order valence-corrected chi connectivity index (χ3v) is 4.81. The molecule has 2 aromatic rings. The second kappa shape index (κ2) is 5.16. The third-order valence-electron chi connectivity index (χ3n) is 4.62. The number of pyridine rings is 1. The highest BCUT2D eigenvalue weighted by atomic mass is 35.5. The van der Waals surface area contributed by atoms with Crippen LogP contribution in [0.4, 0.5) is 0 Å². The van der Waals surface area contributed by atoms with Gasteiger partial charge in [-0.15, -0.1) is 11.6 Å². The van der Waals surface area contributed by atoms with Gasteiger partial charge in [-0.2, -0.15) is 4.98 Å². The van der Waals surface area contributed by atoms with Crippen LogP contribution < -0.4 is 4.74 Å². The number of imidazole rings is 1. The first-order valence-electron chi connectivity index (χ1n) is 7.79. The molecule has 0 bridgehead atoms. The number of halogens is 1. The minimum Gasteiger partial charge on any atom is -0.481 e. The van der Waals surface area contributed by atoms with Gasteiger partial charge in [0.25, 0.3) is 0 Å². The maximum atomic E-state index is 5.99. The van der Waals surface area contributed by atoms with Crippen LogP contribution in [-0.2, 0) is 6.42 Å². The first kappa shape index (κ1) is 13.4. The summed E-state index contributed by atoms with van der Waals surface area (Å²) < 4.78 is 7.68. The molecule has 0 spiro atoms. The molecule has 2 aliphatic rings. The molecule has 112 valence electrons. The largest absolute Gasteiger partial charge is 0.481 e. The minimum atomic E-state index is 0.563. The van der Waals surface area contributed by atoms with E-state index in [0.717, 1.165) is 35.2 Å². The Bertz CT molecular complexity index is 649. The zero-order chi connectivity index (χ0) is 14.4. The van der Waals surface area contributed by atoms with Gasteiger partial charge in [0, 0.05) is 24.4 Å². The van der Waals surface area contributed by atoms with Gasteiger partial charge in [-0.1, -0.05) is 0 Å². The van der Waals surface area contributed by atoms with Crippen LogP contribution in [-0.4, -0.2) is 27.5 Å². The Morgan fingerprint density at radius 2 is 1.95 bits per heavy atom. The smallest absolute Gasteiger partial charge is 0.215 e. The number of hydrogen-bond donors (Lipinski definition) is 0. The number of alkyl halides is 1. The van der Waals surface area contributed by atoms with E-state index >= 15 is 0 Å². The number of rotatable bonds is 6. The first-order chi connectivity index (χ1) is 10.3. The summed E-state index contributed by atoms with van der Waals surface area (Å²) in [7, 11) is 1.66. The second-order valence-electron chi connectivity index (χ2n) is 6.20. The molecule has 2 saturated carbocycles. The minimum absolute atomic E-state index is 0.563. The molecule has 2 aliphatic carbocycles. The molecule has 2 aromatic heterocycles. The van der Waals surface area contributed by atoms with Crippen LogP contribution in [0.1, 0.15) is 37.5 Å². The summed E-state index contributed by atoms with van der Waals surface area (Å²) in [6.45, 7) is 0. The van der Waals surface area contributed by atoms with Gasteiger partial charge in [0.1, 0.15) is 11.3 Å². The fourth-order valence-corrected chi connectivity index (χ4v) is 3.54. The topological polar surface area (TPSA) is 39.9 Å². The predicted molar refractivity (Wildman–Crippen MR) is 83.0 cm³/mol. The van der Waals surface area contributed by atoms with Crippen LogP contribution in [0.25, 0.3) is 11.2 Å². The lowest BCUT2D eigenvalue weighted by Gasteiger charge is -2.20. The number of fused-ring (bicyclic) bond motifs is 1. The quantitative estimate of drug-likeness (QED) is 0.766. The Morgan fingerprint density at radius 1 is 1.24 bits per heavy atom. The molecule has 2 fully saturated rings. The molecule has 0 amide bonds. The first-order valence-corrected chi connectivity index (χ1v) is 8.33. The van der Waals surface area contributed by atoms with Gasteiger partial charge in [-0.05, 0) is 43.6 Å². The number of aromatic nitrogens is 3. The van der Waals surface area contributed by atoms with Crippen molar-refractivity contribution in [2.24, 2.45) is 11.8 Å².